The van der Waals surface area contributed by atoms with Gasteiger partial charge >= 0.3 is 0 Å². The van der Waals surface area contributed by atoms with E-state index >= 15 is 0 Å². The number of ether oxygens (including phenoxy) is 4. The second-order valence-corrected chi connectivity index (χ2v) is 8.84. The Bertz CT molecular complexity index is 430. The van der Waals surface area contributed by atoms with Crippen molar-refractivity contribution in [3.05, 3.63) is 25.3 Å². The lowest BCUT2D eigenvalue weighted by Crippen LogP contribution is -2.67. The molecular weight excluding hydrogens is 318 g/mol. The van der Waals surface area contributed by atoms with Gasteiger partial charge in [-0.1, -0.05) is 12.2 Å². The van der Waals surface area contributed by atoms with Gasteiger partial charge in [-0.25, -0.2) is 0 Å². The molecule has 1 spiro atoms. The van der Waals surface area contributed by atoms with Crippen LogP contribution in [0.25, 0.3) is 0 Å². The number of rotatable bonds is 8. The highest BCUT2D eigenvalue weighted by Crippen LogP contribution is 2.43. The molecule has 0 aromatic carbocycles. The number of hydrogen-bond acceptors (Lipinski definition) is 5. The normalized spacial score (nSPS) is 26.2. The highest BCUT2D eigenvalue weighted by molar-refractivity contribution is 5.03. The molecule has 2 aliphatic heterocycles. The molecule has 144 valence electrons. The summed E-state index contributed by atoms with van der Waals surface area (Å²) in [5, 5.41) is 3.68. The van der Waals surface area contributed by atoms with Crippen molar-refractivity contribution in [2.45, 2.75) is 57.4 Å². The molecule has 5 nitrogen and oxygen atoms in total. The van der Waals surface area contributed by atoms with Crippen LogP contribution in [0, 0.1) is 5.41 Å². The molecule has 0 radical (unpaired) electrons. The van der Waals surface area contributed by atoms with E-state index in [1.165, 1.54) is 0 Å². The monoisotopic (exact) mass is 353 g/mol. The van der Waals surface area contributed by atoms with Crippen LogP contribution in [0.5, 0.6) is 0 Å². The Morgan fingerprint density at radius 2 is 1.32 bits per heavy atom. The maximum Gasteiger partial charge on any atom is 0.171 e. The Kier molecular flexibility index (Phi) is 6.50. The van der Waals surface area contributed by atoms with Crippen LogP contribution in [0.4, 0.5) is 0 Å². The van der Waals surface area contributed by atoms with Crippen LogP contribution in [-0.2, 0) is 18.9 Å². The summed E-state index contributed by atoms with van der Waals surface area (Å²) in [7, 11) is 0. The maximum absolute atomic E-state index is 6.38. The van der Waals surface area contributed by atoms with E-state index in [0.29, 0.717) is 39.6 Å². The summed E-state index contributed by atoms with van der Waals surface area (Å²) in [6.07, 6.45) is 5.14. The van der Waals surface area contributed by atoms with Crippen LogP contribution in [-0.4, -0.2) is 56.5 Å². The fourth-order valence-electron chi connectivity index (χ4n) is 4.20. The summed E-state index contributed by atoms with van der Waals surface area (Å²) in [5.74, 6) is -0.543. The van der Waals surface area contributed by atoms with Crippen molar-refractivity contribution in [2.24, 2.45) is 5.41 Å². The van der Waals surface area contributed by atoms with E-state index in [-0.39, 0.29) is 16.5 Å². The molecular formula is C20H35NO4. The minimum atomic E-state index is -0.543. The molecule has 0 aromatic heterocycles. The molecule has 0 aromatic rings. The first-order valence-corrected chi connectivity index (χ1v) is 9.10. The first-order chi connectivity index (χ1) is 11.7. The summed E-state index contributed by atoms with van der Waals surface area (Å²) < 4.78 is 24.2. The molecule has 5 heteroatoms. The Labute approximate surface area is 152 Å². The van der Waals surface area contributed by atoms with E-state index in [4.69, 9.17) is 18.9 Å². The largest absolute Gasteiger partial charge is 0.377 e. The molecule has 0 amide bonds. The van der Waals surface area contributed by atoms with E-state index in [9.17, 15) is 0 Å². The van der Waals surface area contributed by atoms with Gasteiger partial charge in [0.1, 0.15) is 0 Å². The average molecular weight is 354 g/mol. The van der Waals surface area contributed by atoms with Crippen molar-refractivity contribution in [1.82, 2.24) is 5.32 Å². The molecule has 2 aliphatic rings. The highest BCUT2D eigenvalue weighted by Gasteiger charge is 2.53. The van der Waals surface area contributed by atoms with Crippen molar-refractivity contribution in [3.8, 4) is 0 Å². The maximum atomic E-state index is 6.38. The Balaban J connectivity index is 2.05. The molecule has 2 fully saturated rings. The molecule has 0 atom stereocenters. The third-order valence-electron chi connectivity index (χ3n) is 4.67. The first-order valence-electron chi connectivity index (χ1n) is 9.10. The second-order valence-electron chi connectivity index (χ2n) is 8.84. The molecule has 2 rings (SSSR count). The SMILES string of the molecule is C=CCOCC1(COCC=C)COC2(CC(C)(C)NC(C)(C)C2)OC1. The quantitative estimate of drug-likeness (QED) is 0.537. The van der Waals surface area contributed by atoms with Crippen LogP contribution in [0.3, 0.4) is 0 Å². The zero-order chi connectivity index (χ0) is 18.6. The third kappa shape index (κ3) is 5.63. The van der Waals surface area contributed by atoms with Crippen molar-refractivity contribution < 1.29 is 18.9 Å². The van der Waals surface area contributed by atoms with Gasteiger partial charge in [0, 0.05) is 23.9 Å². The van der Waals surface area contributed by atoms with E-state index < -0.39 is 5.79 Å². The van der Waals surface area contributed by atoms with E-state index in [0.717, 1.165) is 12.8 Å². The second kappa shape index (κ2) is 7.89. The van der Waals surface area contributed by atoms with Crippen molar-refractivity contribution >= 4 is 0 Å². The average Bonchev–Trinajstić information content (AvgIpc) is 2.48. The van der Waals surface area contributed by atoms with Crippen molar-refractivity contribution in [2.75, 3.05) is 39.6 Å². The van der Waals surface area contributed by atoms with Crippen LogP contribution < -0.4 is 5.32 Å². The number of hydrogen-bond donors (Lipinski definition) is 1. The molecule has 0 saturated carbocycles. The number of piperidine rings is 1. The Morgan fingerprint density at radius 1 is 0.880 bits per heavy atom. The minimum absolute atomic E-state index is 0.0412. The molecule has 0 unspecified atom stereocenters. The van der Waals surface area contributed by atoms with Crippen LogP contribution >= 0.6 is 0 Å². The van der Waals surface area contributed by atoms with Crippen molar-refractivity contribution in [1.29, 1.82) is 0 Å². The zero-order valence-electron chi connectivity index (χ0n) is 16.4. The molecule has 0 bridgehead atoms. The van der Waals surface area contributed by atoms with Gasteiger partial charge in [-0.05, 0) is 27.7 Å². The summed E-state index contributed by atoms with van der Waals surface area (Å²) in [4.78, 5) is 0. The topological polar surface area (TPSA) is 49.0 Å². The molecule has 0 aliphatic carbocycles. The highest BCUT2D eigenvalue weighted by atomic mass is 16.7. The zero-order valence-corrected chi connectivity index (χ0v) is 16.4. The summed E-state index contributed by atoms with van der Waals surface area (Å²) in [6, 6.07) is 0. The first kappa shape index (κ1) is 20.6. The van der Waals surface area contributed by atoms with Crippen LogP contribution in [0.15, 0.2) is 25.3 Å². The standard InChI is InChI=1S/C20H35NO4/c1-7-9-22-13-19(14-23-10-8-2)15-24-20(25-16-19)11-17(3,4)21-18(5,6)12-20/h7-8,21H,1-2,9-16H2,3-6H3. The van der Waals surface area contributed by atoms with E-state index in [1.54, 1.807) is 12.2 Å². The molecule has 2 heterocycles. The van der Waals surface area contributed by atoms with Gasteiger partial charge in [0.05, 0.1) is 45.1 Å². The molecule has 1 N–H and O–H groups in total. The van der Waals surface area contributed by atoms with Gasteiger partial charge in [-0.3, -0.25) is 0 Å². The van der Waals surface area contributed by atoms with Crippen molar-refractivity contribution in [3.63, 3.8) is 0 Å². The van der Waals surface area contributed by atoms with Crippen LogP contribution in [0.2, 0.25) is 0 Å². The Hall–Kier alpha value is -0.720. The smallest absolute Gasteiger partial charge is 0.171 e. The molecule has 2 saturated heterocycles. The van der Waals surface area contributed by atoms with Crippen LogP contribution in [0.1, 0.15) is 40.5 Å². The van der Waals surface area contributed by atoms with Gasteiger partial charge < -0.3 is 24.3 Å². The minimum Gasteiger partial charge on any atom is -0.377 e. The lowest BCUT2D eigenvalue weighted by atomic mass is 9.77. The summed E-state index contributed by atoms with van der Waals surface area (Å²) in [5.41, 5.74) is -0.378. The summed E-state index contributed by atoms with van der Waals surface area (Å²) in [6.45, 7) is 19.4. The van der Waals surface area contributed by atoms with Gasteiger partial charge in [0.2, 0.25) is 0 Å². The molecule has 25 heavy (non-hydrogen) atoms. The van der Waals surface area contributed by atoms with Gasteiger partial charge in [0.15, 0.2) is 5.79 Å². The number of nitrogens with one attached hydrogen (secondary N) is 1. The van der Waals surface area contributed by atoms with Gasteiger partial charge in [-0.2, -0.15) is 0 Å². The predicted octanol–water partition coefficient (Wildman–Crippen LogP) is 3.06. The van der Waals surface area contributed by atoms with E-state index in [1.807, 2.05) is 0 Å². The fraction of sp³-hybridized carbons (Fsp3) is 0.800. The van der Waals surface area contributed by atoms with Gasteiger partial charge in [0.25, 0.3) is 0 Å². The Morgan fingerprint density at radius 3 is 1.72 bits per heavy atom. The summed E-state index contributed by atoms with van der Waals surface area (Å²) >= 11 is 0. The predicted molar refractivity (Wildman–Crippen MR) is 99.6 cm³/mol. The van der Waals surface area contributed by atoms with Gasteiger partial charge in [-0.15, -0.1) is 13.2 Å². The third-order valence-corrected chi connectivity index (χ3v) is 4.67. The fourth-order valence-corrected chi connectivity index (χ4v) is 4.20. The lowest BCUT2D eigenvalue weighted by Gasteiger charge is -2.55. The van der Waals surface area contributed by atoms with E-state index in [2.05, 4.69) is 46.2 Å². The lowest BCUT2D eigenvalue weighted by molar-refractivity contribution is -0.337.